The summed E-state index contributed by atoms with van der Waals surface area (Å²) in [7, 11) is 0. The molecule has 144 valence electrons. The molecule has 3 heterocycles. The molecule has 1 atom stereocenters. The van der Waals surface area contributed by atoms with Crippen molar-refractivity contribution in [1.82, 2.24) is 19.8 Å². The zero-order chi connectivity index (χ0) is 18.6. The molecule has 1 N–H and O–H groups in total. The highest BCUT2D eigenvalue weighted by molar-refractivity contribution is 5.80. The zero-order valence-electron chi connectivity index (χ0n) is 15.3. The third-order valence-corrected chi connectivity index (χ3v) is 5.46. The Bertz CT molecular complexity index is 788. The van der Waals surface area contributed by atoms with Crippen molar-refractivity contribution in [2.24, 2.45) is 5.92 Å². The number of imidazole rings is 1. The van der Waals surface area contributed by atoms with Gasteiger partial charge in [0.1, 0.15) is 11.9 Å². The van der Waals surface area contributed by atoms with Gasteiger partial charge in [-0.2, -0.15) is 0 Å². The van der Waals surface area contributed by atoms with Gasteiger partial charge >= 0.3 is 0 Å². The second kappa shape index (κ2) is 8.19. The molecule has 1 aromatic heterocycles. The van der Waals surface area contributed by atoms with E-state index in [9.17, 15) is 9.18 Å². The molecule has 2 aliphatic heterocycles. The first kappa shape index (κ1) is 18.1. The fourth-order valence-electron chi connectivity index (χ4n) is 3.87. The van der Waals surface area contributed by atoms with E-state index in [-0.39, 0.29) is 17.8 Å². The molecule has 2 aromatic rings. The van der Waals surface area contributed by atoms with Gasteiger partial charge in [0.25, 0.3) is 0 Å². The molecule has 4 rings (SSSR count). The van der Waals surface area contributed by atoms with E-state index in [1.807, 2.05) is 10.6 Å². The number of halogens is 1. The molecule has 6 nitrogen and oxygen atoms in total. The highest BCUT2D eigenvalue weighted by atomic mass is 19.1. The van der Waals surface area contributed by atoms with Crippen LogP contribution in [0, 0.1) is 11.7 Å². The fourth-order valence-corrected chi connectivity index (χ4v) is 3.87. The van der Waals surface area contributed by atoms with Crippen molar-refractivity contribution >= 4 is 5.91 Å². The summed E-state index contributed by atoms with van der Waals surface area (Å²) in [6.07, 6.45) is 5.47. The predicted molar refractivity (Wildman–Crippen MR) is 98.3 cm³/mol. The average molecular weight is 372 g/mol. The molecule has 0 spiro atoms. The lowest BCUT2D eigenvalue weighted by molar-refractivity contribution is -0.126. The molecule has 0 unspecified atom stereocenters. The molecule has 1 aromatic carbocycles. The Morgan fingerprint density at radius 3 is 2.93 bits per heavy atom. The van der Waals surface area contributed by atoms with Crippen LogP contribution in [0.4, 0.5) is 4.39 Å². The van der Waals surface area contributed by atoms with E-state index >= 15 is 0 Å². The van der Waals surface area contributed by atoms with Gasteiger partial charge in [-0.3, -0.25) is 9.69 Å². The van der Waals surface area contributed by atoms with Gasteiger partial charge in [-0.25, -0.2) is 9.37 Å². The van der Waals surface area contributed by atoms with Crippen LogP contribution in [0.25, 0.3) is 0 Å². The molecule has 0 aliphatic carbocycles. The Hall–Kier alpha value is -2.25. The topological polar surface area (TPSA) is 59.4 Å². The number of hydrogen-bond acceptors (Lipinski definition) is 4. The van der Waals surface area contributed by atoms with Crippen LogP contribution in [0.3, 0.4) is 0 Å². The standard InChI is InChI=1S/C20H25FN4O2/c21-18-4-2-1-3-16(18)11-24-12-17-10-22-14-25(17)19(13-24)20(26)23-9-15-5-7-27-8-6-15/h1-4,10,14-15,19H,5-9,11-13H2,(H,23,26)/t19-/m1/s1. The number of carbonyl (C=O) groups excluding carboxylic acids is 1. The molecule has 0 saturated carbocycles. The van der Waals surface area contributed by atoms with Crippen molar-refractivity contribution < 1.29 is 13.9 Å². The van der Waals surface area contributed by atoms with Crippen molar-refractivity contribution in [1.29, 1.82) is 0 Å². The minimum Gasteiger partial charge on any atom is -0.381 e. The summed E-state index contributed by atoms with van der Waals surface area (Å²) in [5.74, 6) is 0.263. The number of amides is 1. The zero-order valence-corrected chi connectivity index (χ0v) is 15.3. The van der Waals surface area contributed by atoms with Crippen LogP contribution >= 0.6 is 0 Å². The third kappa shape index (κ3) is 4.20. The number of aromatic nitrogens is 2. The van der Waals surface area contributed by atoms with E-state index in [2.05, 4.69) is 15.2 Å². The first-order valence-corrected chi connectivity index (χ1v) is 9.52. The smallest absolute Gasteiger partial charge is 0.244 e. The van der Waals surface area contributed by atoms with Gasteiger partial charge < -0.3 is 14.6 Å². The van der Waals surface area contributed by atoms with Crippen LogP contribution in [0.1, 0.15) is 30.1 Å². The molecule has 1 saturated heterocycles. The van der Waals surface area contributed by atoms with Crippen molar-refractivity contribution in [3.63, 3.8) is 0 Å². The second-order valence-corrected chi connectivity index (χ2v) is 7.37. The summed E-state index contributed by atoms with van der Waals surface area (Å²) in [5, 5.41) is 3.10. The maximum atomic E-state index is 14.0. The Kier molecular flexibility index (Phi) is 5.50. The lowest BCUT2D eigenvalue weighted by Gasteiger charge is -2.34. The summed E-state index contributed by atoms with van der Waals surface area (Å²) < 4.78 is 21.3. The van der Waals surface area contributed by atoms with Gasteiger partial charge in [-0.1, -0.05) is 18.2 Å². The van der Waals surface area contributed by atoms with Crippen molar-refractivity contribution in [3.8, 4) is 0 Å². The molecular formula is C20H25FN4O2. The number of ether oxygens (including phenoxy) is 1. The van der Waals surface area contributed by atoms with E-state index in [0.29, 0.717) is 37.7 Å². The lowest BCUT2D eigenvalue weighted by Crippen LogP contribution is -2.45. The van der Waals surface area contributed by atoms with E-state index in [1.54, 1.807) is 24.7 Å². The monoisotopic (exact) mass is 372 g/mol. The molecule has 1 amide bonds. The van der Waals surface area contributed by atoms with Gasteiger partial charge in [0, 0.05) is 51.2 Å². The largest absolute Gasteiger partial charge is 0.381 e. The van der Waals surface area contributed by atoms with Gasteiger partial charge in [-0.15, -0.1) is 0 Å². The number of nitrogens with zero attached hydrogens (tertiary/aromatic N) is 3. The summed E-state index contributed by atoms with van der Waals surface area (Å²) in [4.78, 5) is 19.2. The molecule has 7 heteroatoms. The van der Waals surface area contributed by atoms with E-state index in [0.717, 1.165) is 31.7 Å². The predicted octanol–water partition coefficient (Wildman–Crippen LogP) is 2.12. The van der Waals surface area contributed by atoms with Crippen molar-refractivity contribution in [3.05, 3.63) is 53.9 Å². The lowest BCUT2D eigenvalue weighted by atomic mass is 10.0. The molecule has 2 aliphatic rings. The van der Waals surface area contributed by atoms with Crippen LogP contribution in [0.5, 0.6) is 0 Å². The molecule has 27 heavy (non-hydrogen) atoms. The number of carbonyl (C=O) groups is 1. The number of benzene rings is 1. The Morgan fingerprint density at radius 2 is 2.11 bits per heavy atom. The van der Waals surface area contributed by atoms with Crippen LogP contribution in [-0.2, 0) is 22.6 Å². The van der Waals surface area contributed by atoms with Crippen LogP contribution in [0.15, 0.2) is 36.8 Å². The average Bonchev–Trinajstić information content (AvgIpc) is 3.17. The summed E-state index contributed by atoms with van der Waals surface area (Å²) in [6.45, 7) is 3.88. The minimum absolute atomic E-state index is 0.000949. The molecule has 1 fully saturated rings. The summed E-state index contributed by atoms with van der Waals surface area (Å²) in [5.41, 5.74) is 1.62. The first-order valence-electron chi connectivity index (χ1n) is 9.52. The second-order valence-electron chi connectivity index (χ2n) is 7.37. The maximum absolute atomic E-state index is 14.0. The van der Waals surface area contributed by atoms with E-state index in [4.69, 9.17) is 4.74 Å². The molecular weight excluding hydrogens is 347 g/mol. The van der Waals surface area contributed by atoms with Gasteiger partial charge in [0.15, 0.2) is 0 Å². The number of rotatable bonds is 5. The Morgan fingerprint density at radius 1 is 1.30 bits per heavy atom. The third-order valence-electron chi connectivity index (χ3n) is 5.46. The highest BCUT2D eigenvalue weighted by Gasteiger charge is 2.30. The van der Waals surface area contributed by atoms with Gasteiger partial charge in [-0.05, 0) is 24.8 Å². The molecule has 0 bridgehead atoms. The minimum atomic E-state index is -0.345. The van der Waals surface area contributed by atoms with Crippen molar-refractivity contribution in [2.45, 2.75) is 32.0 Å². The van der Waals surface area contributed by atoms with E-state index < -0.39 is 0 Å². The fraction of sp³-hybridized carbons (Fsp3) is 0.500. The van der Waals surface area contributed by atoms with Gasteiger partial charge in [0.05, 0.1) is 12.0 Å². The quantitative estimate of drug-likeness (QED) is 0.874. The van der Waals surface area contributed by atoms with Gasteiger partial charge in [0.2, 0.25) is 5.91 Å². The van der Waals surface area contributed by atoms with Crippen LogP contribution < -0.4 is 5.32 Å². The molecule has 0 radical (unpaired) electrons. The summed E-state index contributed by atoms with van der Waals surface area (Å²) >= 11 is 0. The Balaban J connectivity index is 1.43. The number of hydrogen-bond donors (Lipinski definition) is 1. The Labute approximate surface area is 158 Å². The summed E-state index contributed by atoms with van der Waals surface area (Å²) in [6, 6.07) is 6.45. The van der Waals surface area contributed by atoms with Crippen molar-refractivity contribution in [2.75, 3.05) is 26.3 Å². The maximum Gasteiger partial charge on any atom is 0.244 e. The highest BCUT2D eigenvalue weighted by Crippen LogP contribution is 2.24. The normalized spacial score (nSPS) is 21.0. The van der Waals surface area contributed by atoms with Crippen LogP contribution in [-0.4, -0.2) is 46.7 Å². The SMILES string of the molecule is O=C(NCC1CCOCC1)[C@H]1CN(Cc2ccccc2F)Cc2cncn21. The first-order chi connectivity index (χ1) is 13.2. The number of fused-ring (bicyclic) bond motifs is 1. The van der Waals surface area contributed by atoms with Crippen LogP contribution in [0.2, 0.25) is 0 Å². The van der Waals surface area contributed by atoms with E-state index in [1.165, 1.54) is 6.07 Å². The number of nitrogens with one attached hydrogen (secondary N) is 1.